The number of nitriles is 2. The van der Waals surface area contributed by atoms with E-state index in [9.17, 15) is 20.1 Å². The van der Waals surface area contributed by atoms with Crippen molar-refractivity contribution in [3.8, 4) is 17.9 Å². The lowest BCUT2D eigenvalue weighted by atomic mass is 9.79. The molecule has 1 heterocycles. The highest BCUT2D eigenvalue weighted by Gasteiger charge is 2.40. The molecule has 0 bridgehead atoms. The summed E-state index contributed by atoms with van der Waals surface area (Å²) >= 11 is 1.02. The smallest absolute Gasteiger partial charge is 0.316 e. The summed E-state index contributed by atoms with van der Waals surface area (Å²) in [6, 6.07) is 11.1. The maximum Gasteiger partial charge on any atom is 0.316 e. The fraction of sp³-hybridized carbons (Fsp3) is 0.400. The lowest BCUT2D eigenvalue weighted by molar-refractivity contribution is -0.140. The molecule has 0 spiro atoms. The summed E-state index contributed by atoms with van der Waals surface area (Å²) in [7, 11) is 0. The van der Waals surface area contributed by atoms with Crippen molar-refractivity contribution >= 4 is 23.6 Å². The van der Waals surface area contributed by atoms with Gasteiger partial charge in [0.2, 0.25) is 5.91 Å². The molecule has 0 unspecified atom stereocenters. The molecule has 0 saturated carbocycles. The van der Waals surface area contributed by atoms with Gasteiger partial charge >= 0.3 is 5.97 Å². The minimum Gasteiger partial charge on any atom is -0.494 e. The molecule has 8 heteroatoms. The zero-order chi connectivity index (χ0) is 20.5. The fourth-order valence-electron chi connectivity index (χ4n) is 2.83. The minimum absolute atomic E-state index is 0.0438. The van der Waals surface area contributed by atoms with Crippen molar-refractivity contribution in [3.05, 3.63) is 40.4 Å². The van der Waals surface area contributed by atoms with Crippen LogP contribution in [-0.4, -0.2) is 30.8 Å². The van der Waals surface area contributed by atoms with Gasteiger partial charge in [0.05, 0.1) is 47.6 Å². The average Bonchev–Trinajstić information content (AvgIpc) is 2.70. The number of benzene rings is 1. The van der Waals surface area contributed by atoms with Crippen LogP contribution < -0.4 is 10.1 Å². The summed E-state index contributed by atoms with van der Waals surface area (Å²) in [5.74, 6) is -2.32. The Hall–Kier alpha value is -2.97. The lowest BCUT2D eigenvalue weighted by Crippen LogP contribution is -2.39. The van der Waals surface area contributed by atoms with Gasteiger partial charge in [-0.3, -0.25) is 9.59 Å². The quantitative estimate of drug-likeness (QED) is 0.669. The highest BCUT2D eigenvalue weighted by atomic mass is 32.2. The first-order valence-electron chi connectivity index (χ1n) is 8.92. The molecule has 0 saturated heterocycles. The first kappa shape index (κ1) is 21.3. The first-order valence-corrected chi connectivity index (χ1v) is 9.90. The van der Waals surface area contributed by atoms with Crippen molar-refractivity contribution in [1.29, 1.82) is 10.5 Å². The molecule has 1 amide bonds. The van der Waals surface area contributed by atoms with Gasteiger partial charge in [0.1, 0.15) is 11.7 Å². The van der Waals surface area contributed by atoms with E-state index in [0.717, 1.165) is 11.8 Å². The number of hydrogen-bond acceptors (Lipinski definition) is 7. The number of ether oxygens (including phenoxy) is 2. The second-order valence-corrected chi connectivity index (χ2v) is 6.89. The lowest BCUT2D eigenvalue weighted by Gasteiger charge is -2.29. The molecule has 0 aromatic heterocycles. The fourth-order valence-corrected chi connectivity index (χ4v) is 3.68. The van der Waals surface area contributed by atoms with Crippen LogP contribution in [0, 0.1) is 28.6 Å². The molecule has 1 aromatic rings. The second-order valence-electron chi connectivity index (χ2n) is 5.91. The Morgan fingerprint density at radius 3 is 2.68 bits per heavy atom. The number of amides is 1. The zero-order valence-electron chi connectivity index (χ0n) is 15.7. The van der Waals surface area contributed by atoms with Crippen LogP contribution >= 0.6 is 11.8 Å². The summed E-state index contributed by atoms with van der Waals surface area (Å²) in [5.41, 5.74) is 0.820. The van der Waals surface area contributed by atoms with Crippen LogP contribution in [-0.2, 0) is 14.3 Å². The van der Waals surface area contributed by atoms with E-state index in [-0.39, 0.29) is 16.4 Å². The van der Waals surface area contributed by atoms with Crippen LogP contribution in [0.3, 0.4) is 0 Å². The Morgan fingerprint density at radius 1 is 1.29 bits per heavy atom. The highest BCUT2D eigenvalue weighted by Crippen LogP contribution is 2.42. The number of allylic oxidation sites excluding steroid dienone is 1. The maximum absolute atomic E-state index is 12.5. The predicted octanol–water partition coefficient (Wildman–Crippen LogP) is 2.86. The van der Waals surface area contributed by atoms with Crippen molar-refractivity contribution in [2.45, 2.75) is 26.2 Å². The van der Waals surface area contributed by atoms with Gasteiger partial charge in [-0.1, -0.05) is 36.9 Å². The Morgan fingerprint density at radius 2 is 2.04 bits per heavy atom. The standard InChI is InChI=1S/C20H21N3O4S/c1-3-9-27-17(24)12-28-20-15(11-22)18(14(10-21)19(25)23-20)13-7-5-6-8-16(13)26-4-2/h5-8,14,18H,3-4,9,12H2,1-2H3,(H,23,25)/t14-,18-/m0/s1. The van der Waals surface area contributed by atoms with Gasteiger partial charge in [0, 0.05) is 5.56 Å². The first-order chi connectivity index (χ1) is 13.6. The molecule has 2 rings (SSSR count). The Balaban J connectivity index is 2.43. The molecule has 0 radical (unpaired) electrons. The van der Waals surface area contributed by atoms with E-state index in [1.807, 2.05) is 19.9 Å². The van der Waals surface area contributed by atoms with Crippen molar-refractivity contribution in [2.75, 3.05) is 19.0 Å². The topological polar surface area (TPSA) is 112 Å². The molecule has 0 aliphatic carbocycles. The number of nitrogens with zero attached hydrogens (tertiary/aromatic N) is 2. The van der Waals surface area contributed by atoms with Crippen molar-refractivity contribution < 1.29 is 19.1 Å². The Bertz CT molecular complexity index is 854. The minimum atomic E-state index is -1.08. The number of thioether (sulfide) groups is 1. The zero-order valence-corrected chi connectivity index (χ0v) is 16.5. The third kappa shape index (κ3) is 4.85. The second kappa shape index (κ2) is 10.4. The number of carbonyl (C=O) groups is 2. The predicted molar refractivity (Wildman–Crippen MR) is 104 cm³/mol. The monoisotopic (exact) mass is 399 g/mol. The van der Waals surface area contributed by atoms with Crippen molar-refractivity contribution in [1.82, 2.24) is 5.32 Å². The van der Waals surface area contributed by atoms with Crippen LogP contribution in [0.4, 0.5) is 0 Å². The highest BCUT2D eigenvalue weighted by molar-refractivity contribution is 8.03. The number of hydrogen-bond donors (Lipinski definition) is 1. The molecule has 146 valence electrons. The summed E-state index contributed by atoms with van der Waals surface area (Å²) in [6.07, 6.45) is 0.708. The van der Waals surface area contributed by atoms with Gasteiger partial charge in [-0.15, -0.1) is 0 Å². The van der Waals surface area contributed by atoms with Crippen LogP contribution in [0.2, 0.25) is 0 Å². The van der Waals surface area contributed by atoms with E-state index >= 15 is 0 Å². The molecule has 28 heavy (non-hydrogen) atoms. The largest absolute Gasteiger partial charge is 0.494 e. The van der Waals surface area contributed by atoms with Gasteiger partial charge in [0.25, 0.3) is 0 Å². The molecule has 0 fully saturated rings. The molecular formula is C20H21N3O4S. The molecule has 7 nitrogen and oxygen atoms in total. The molecule has 1 aliphatic heterocycles. The number of rotatable bonds is 8. The van der Waals surface area contributed by atoms with E-state index in [4.69, 9.17) is 9.47 Å². The SMILES string of the molecule is CCCOC(=O)CSC1=C(C#N)[C@@H](c2ccccc2OCC)[C@H](C#N)C(=O)N1. The van der Waals surface area contributed by atoms with Gasteiger partial charge in [-0.25, -0.2) is 0 Å². The van der Waals surface area contributed by atoms with Gasteiger partial charge in [-0.2, -0.15) is 10.5 Å². The Labute approximate surface area is 168 Å². The van der Waals surface area contributed by atoms with E-state index < -0.39 is 23.7 Å². The van der Waals surface area contributed by atoms with Gasteiger partial charge < -0.3 is 14.8 Å². The van der Waals surface area contributed by atoms with Crippen LogP contribution in [0.15, 0.2) is 34.9 Å². The van der Waals surface area contributed by atoms with E-state index in [2.05, 4.69) is 11.4 Å². The van der Waals surface area contributed by atoms with Crippen LogP contribution in [0.1, 0.15) is 31.7 Å². The Kier molecular flexibility index (Phi) is 7.91. The van der Waals surface area contributed by atoms with Gasteiger partial charge in [-0.05, 0) is 19.4 Å². The van der Waals surface area contributed by atoms with E-state index in [1.54, 1.807) is 24.3 Å². The average molecular weight is 399 g/mol. The van der Waals surface area contributed by atoms with Crippen LogP contribution in [0.5, 0.6) is 5.75 Å². The number of nitrogens with one attached hydrogen (secondary N) is 1. The third-order valence-electron chi connectivity index (χ3n) is 4.02. The molecule has 1 N–H and O–H groups in total. The van der Waals surface area contributed by atoms with E-state index in [1.165, 1.54) is 0 Å². The molecular weight excluding hydrogens is 378 g/mol. The van der Waals surface area contributed by atoms with Crippen molar-refractivity contribution in [2.24, 2.45) is 5.92 Å². The molecule has 1 aromatic carbocycles. The number of esters is 1. The summed E-state index contributed by atoms with van der Waals surface area (Å²) in [5, 5.41) is 22.2. The van der Waals surface area contributed by atoms with Gasteiger partial charge in [0.15, 0.2) is 0 Å². The maximum atomic E-state index is 12.5. The number of carbonyl (C=O) groups excluding carboxylic acids is 2. The third-order valence-corrected chi connectivity index (χ3v) is 5.01. The van der Waals surface area contributed by atoms with Crippen molar-refractivity contribution in [3.63, 3.8) is 0 Å². The summed E-state index contributed by atoms with van der Waals surface area (Å²) < 4.78 is 10.7. The summed E-state index contributed by atoms with van der Waals surface area (Å²) in [6.45, 7) is 4.44. The number of para-hydroxylation sites is 1. The van der Waals surface area contributed by atoms with E-state index in [0.29, 0.717) is 30.9 Å². The van der Waals surface area contributed by atoms with Crippen LogP contribution in [0.25, 0.3) is 0 Å². The summed E-state index contributed by atoms with van der Waals surface area (Å²) in [4.78, 5) is 24.3. The molecule has 1 aliphatic rings. The normalized spacial score (nSPS) is 18.6. The molecule has 2 atom stereocenters.